The van der Waals surface area contributed by atoms with E-state index in [1.165, 1.54) is 21.9 Å². The smallest absolute Gasteiger partial charge is 0.143 e. The van der Waals surface area contributed by atoms with Crippen molar-refractivity contribution in [1.29, 1.82) is 0 Å². The molecule has 10 aromatic carbocycles. The minimum absolute atomic E-state index is 0.882. The average Bonchev–Trinajstić information content (AvgIpc) is 3.90. The maximum atomic E-state index is 6.61. The molecule has 2 heterocycles. The number of anilines is 3. The summed E-state index contributed by atoms with van der Waals surface area (Å²) in [6.07, 6.45) is 0. The van der Waals surface area contributed by atoms with E-state index < -0.39 is 0 Å². The van der Waals surface area contributed by atoms with E-state index in [1.807, 2.05) is 24.3 Å². The van der Waals surface area contributed by atoms with E-state index in [9.17, 15) is 0 Å². The van der Waals surface area contributed by atoms with Gasteiger partial charge in [-0.25, -0.2) is 0 Å². The van der Waals surface area contributed by atoms with Crippen LogP contribution in [0.15, 0.2) is 233 Å². The number of fused-ring (bicyclic) bond motifs is 7. The highest BCUT2D eigenvalue weighted by Crippen LogP contribution is 2.45. The van der Waals surface area contributed by atoms with Crippen LogP contribution >= 0.6 is 0 Å². The van der Waals surface area contributed by atoms with Gasteiger partial charge < -0.3 is 13.7 Å². The lowest BCUT2D eigenvalue weighted by atomic mass is 9.96. The number of benzene rings is 10. The molecule has 286 valence electrons. The molecule has 0 unspecified atom stereocenters. The zero-order chi connectivity index (χ0) is 40.3. The third-order valence-electron chi connectivity index (χ3n) is 12.1. The Hall–Kier alpha value is -8.14. The van der Waals surface area contributed by atoms with Gasteiger partial charge >= 0.3 is 0 Å². The normalized spacial score (nSPS) is 11.6. The monoisotopic (exact) mass is 779 g/mol. The Morgan fingerprint density at radius 1 is 0.279 bits per heavy atom. The first-order chi connectivity index (χ1) is 30.2. The van der Waals surface area contributed by atoms with Crippen molar-refractivity contribution in [2.45, 2.75) is 0 Å². The summed E-state index contributed by atoms with van der Waals surface area (Å²) in [5.74, 6) is 0. The molecule has 12 aromatic rings. The highest BCUT2D eigenvalue weighted by atomic mass is 16.3. The molecule has 2 aromatic heterocycles. The van der Waals surface area contributed by atoms with Gasteiger partial charge in [0.15, 0.2) is 0 Å². The van der Waals surface area contributed by atoms with Crippen LogP contribution in [0.5, 0.6) is 0 Å². The predicted octanol–water partition coefficient (Wildman–Crippen LogP) is 16.8. The summed E-state index contributed by atoms with van der Waals surface area (Å²) >= 11 is 0. The number of furan rings is 2. The molecule has 0 aliphatic carbocycles. The number of hydrogen-bond acceptors (Lipinski definition) is 3. The Balaban J connectivity index is 0.981. The third-order valence-corrected chi connectivity index (χ3v) is 12.1. The highest BCUT2D eigenvalue weighted by molar-refractivity contribution is 6.11. The van der Waals surface area contributed by atoms with Crippen LogP contribution in [0, 0.1) is 0 Å². The fourth-order valence-corrected chi connectivity index (χ4v) is 9.14. The maximum absolute atomic E-state index is 6.61. The van der Waals surface area contributed by atoms with Crippen LogP contribution < -0.4 is 4.90 Å². The Morgan fingerprint density at radius 2 is 0.820 bits per heavy atom. The quantitative estimate of drug-likeness (QED) is 0.161. The fourth-order valence-electron chi connectivity index (χ4n) is 9.14. The molecule has 0 bridgehead atoms. The summed E-state index contributed by atoms with van der Waals surface area (Å²) in [4.78, 5) is 2.37. The van der Waals surface area contributed by atoms with Gasteiger partial charge in [0, 0.05) is 44.0 Å². The predicted molar refractivity (Wildman–Crippen MR) is 255 cm³/mol. The zero-order valence-electron chi connectivity index (χ0n) is 33.1. The van der Waals surface area contributed by atoms with Gasteiger partial charge in [-0.3, -0.25) is 0 Å². The molecule has 0 amide bonds. The van der Waals surface area contributed by atoms with Crippen molar-refractivity contribution in [1.82, 2.24) is 0 Å². The van der Waals surface area contributed by atoms with Crippen molar-refractivity contribution < 1.29 is 8.83 Å². The Labute approximate surface area is 353 Å². The Kier molecular flexibility index (Phi) is 8.17. The van der Waals surface area contributed by atoms with Crippen molar-refractivity contribution in [3.05, 3.63) is 224 Å². The van der Waals surface area contributed by atoms with E-state index in [0.29, 0.717) is 0 Å². The molecule has 0 spiro atoms. The molecule has 0 aliphatic rings. The van der Waals surface area contributed by atoms with Gasteiger partial charge in [0.1, 0.15) is 22.3 Å². The molecule has 12 rings (SSSR count). The molecular weight excluding hydrogens is 743 g/mol. The molecular formula is C58H37NO2. The molecule has 0 radical (unpaired) electrons. The second-order valence-electron chi connectivity index (χ2n) is 15.6. The molecule has 3 nitrogen and oxygen atoms in total. The van der Waals surface area contributed by atoms with Crippen LogP contribution in [0.2, 0.25) is 0 Å². The number of rotatable bonds is 7. The van der Waals surface area contributed by atoms with Crippen LogP contribution in [0.25, 0.3) is 99.2 Å². The summed E-state index contributed by atoms with van der Waals surface area (Å²) in [5, 5.41) is 6.98. The van der Waals surface area contributed by atoms with Crippen LogP contribution in [-0.2, 0) is 0 Å². The first kappa shape index (κ1) is 34.9. The molecule has 0 saturated carbocycles. The van der Waals surface area contributed by atoms with Crippen molar-refractivity contribution in [3.8, 4) is 44.5 Å². The largest absolute Gasteiger partial charge is 0.456 e. The van der Waals surface area contributed by atoms with Gasteiger partial charge in [-0.05, 0) is 98.8 Å². The fraction of sp³-hybridized carbons (Fsp3) is 0. The zero-order valence-corrected chi connectivity index (χ0v) is 33.1. The number of nitrogens with zero attached hydrogens (tertiary/aromatic N) is 1. The third kappa shape index (κ3) is 5.98. The molecule has 61 heavy (non-hydrogen) atoms. The standard InChI is InChI=1S/C58H37NO2/c1-2-16-46-40(12-1)13-10-20-47(46)41-28-26-38(27-29-41)42-14-9-15-45(36-42)59(44-33-30-39(31-34-44)43-32-35-51-49-18-4-7-24-55(49)60-57(51)37-43)54-23-6-3-17-48(54)52-21-11-22-53-50-19-5-8-25-56(50)61-58(52)53/h1-37H. The highest BCUT2D eigenvalue weighted by Gasteiger charge is 2.21. The van der Waals surface area contributed by atoms with Crippen molar-refractivity contribution >= 4 is 71.7 Å². The van der Waals surface area contributed by atoms with Crippen LogP contribution in [-0.4, -0.2) is 0 Å². The summed E-state index contributed by atoms with van der Waals surface area (Å²) in [6, 6.07) is 80.0. The molecule has 0 fully saturated rings. The van der Waals surface area contributed by atoms with E-state index >= 15 is 0 Å². The second kappa shape index (κ2) is 14.3. The topological polar surface area (TPSA) is 29.5 Å². The van der Waals surface area contributed by atoms with Gasteiger partial charge in [0.05, 0.1) is 5.69 Å². The Bertz CT molecular complexity index is 3590. The summed E-state index contributed by atoms with van der Waals surface area (Å²) in [7, 11) is 0. The SMILES string of the molecule is c1cc(-c2ccc(-c3cccc4ccccc34)cc2)cc(N(c2ccc(-c3ccc4c(c3)oc3ccccc34)cc2)c2ccccc2-c2cccc3c2oc2ccccc23)c1. The van der Waals surface area contributed by atoms with Gasteiger partial charge in [-0.1, -0.05) is 170 Å². The first-order valence-corrected chi connectivity index (χ1v) is 20.7. The van der Waals surface area contributed by atoms with E-state index in [4.69, 9.17) is 8.83 Å². The van der Waals surface area contributed by atoms with E-state index in [-0.39, 0.29) is 0 Å². The molecule has 0 saturated heterocycles. The number of hydrogen-bond donors (Lipinski definition) is 0. The van der Waals surface area contributed by atoms with E-state index in [1.54, 1.807) is 0 Å². The lowest BCUT2D eigenvalue weighted by molar-refractivity contribution is 0.669. The molecule has 0 N–H and O–H groups in total. The minimum Gasteiger partial charge on any atom is -0.456 e. The van der Waals surface area contributed by atoms with Crippen molar-refractivity contribution in [2.75, 3.05) is 4.90 Å². The summed E-state index contributed by atoms with van der Waals surface area (Å²) < 4.78 is 12.9. The maximum Gasteiger partial charge on any atom is 0.143 e. The van der Waals surface area contributed by atoms with Crippen LogP contribution in [0.4, 0.5) is 17.1 Å². The lowest BCUT2D eigenvalue weighted by Gasteiger charge is -2.28. The molecule has 3 heteroatoms. The van der Waals surface area contributed by atoms with Crippen molar-refractivity contribution in [3.63, 3.8) is 0 Å². The van der Waals surface area contributed by atoms with Gasteiger partial charge in [0.2, 0.25) is 0 Å². The van der Waals surface area contributed by atoms with E-state index in [0.717, 1.165) is 94.3 Å². The molecule has 0 atom stereocenters. The molecule has 0 aliphatic heterocycles. The van der Waals surface area contributed by atoms with Gasteiger partial charge in [-0.2, -0.15) is 0 Å². The minimum atomic E-state index is 0.882. The summed E-state index contributed by atoms with van der Waals surface area (Å²) in [6.45, 7) is 0. The van der Waals surface area contributed by atoms with E-state index in [2.05, 4.69) is 205 Å². The van der Waals surface area contributed by atoms with Crippen LogP contribution in [0.3, 0.4) is 0 Å². The van der Waals surface area contributed by atoms with Gasteiger partial charge in [0.25, 0.3) is 0 Å². The second-order valence-corrected chi connectivity index (χ2v) is 15.6. The van der Waals surface area contributed by atoms with Crippen molar-refractivity contribution in [2.24, 2.45) is 0 Å². The number of para-hydroxylation sites is 4. The summed E-state index contributed by atoms with van der Waals surface area (Å²) in [5.41, 5.74) is 15.8. The first-order valence-electron chi connectivity index (χ1n) is 20.7. The Morgan fingerprint density at radius 3 is 1.66 bits per heavy atom. The van der Waals surface area contributed by atoms with Gasteiger partial charge in [-0.15, -0.1) is 0 Å². The average molecular weight is 780 g/mol. The van der Waals surface area contributed by atoms with Crippen LogP contribution in [0.1, 0.15) is 0 Å². The lowest BCUT2D eigenvalue weighted by Crippen LogP contribution is -2.11.